The minimum absolute atomic E-state index is 0.346. The summed E-state index contributed by atoms with van der Waals surface area (Å²) in [5.41, 5.74) is 7.54. The highest BCUT2D eigenvalue weighted by atomic mass is 32.1. The molecule has 0 aliphatic rings. The molecular formula is C15H20N2OS. The van der Waals surface area contributed by atoms with Crippen LogP contribution in [0, 0.1) is 0 Å². The largest absolute Gasteiger partial charge is 0.495 e. The molecule has 0 spiro atoms. The molecule has 2 aromatic rings. The van der Waals surface area contributed by atoms with Crippen molar-refractivity contribution in [3.05, 3.63) is 40.6 Å². The molecule has 0 aliphatic heterocycles. The molecule has 102 valence electrons. The van der Waals surface area contributed by atoms with E-state index in [1.54, 1.807) is 18.4 Å². The van der Waals surface area contributed by atoms with E-state index in [9.17, 15) is 0 Å². The second kappa shape index (κ2) is 6.48. The fraction of sp³-hybridized carbons (Fsp3) is 0.333. The van der Waals surface area contributed by atoms with Crippen LogP contribution in [0.5, 0.6) is 5.75 Å². The maximum Gasteiger partial charge on any atom is 0.143 e. The number of nitrogens with two attached hydrogens (primary N) is 1. The van der Waals surface area contributed by atoms with E-state index in [0.29, 0.717) is 17.5 Å². The Morgan fingerprint density at radius 2 is 2.21 bits per heavy atom. The van der Waals surface area contributed by atoms with E-state index in [1.807, 2.05) is 18.2 Å². The smallest absolute Gasteiger partial charge is 0.143 e. The van der Waals surface area contributed by atoms with Crippen LogP contribution in [0.15, 0.2) is 35.7 Å². The van der Waals surface area contributed by atoms with Crippen LogP contribution in [0.4, 0.5) is 11.4 Å². The van der Waals surface area contributed by atoms with Crippen molar-refractivity contribution >= 4 is 22.7 Å². The standard InChI is InChI=1S/C15H20N2OS/c1-3-5-13(15-6-4-9-19-15)17-11-7-8-12(16)14(10-11)18-2/h4,6-10,13,17H,3,5,16H2,1-2H3. The first-order chi connectivity index (χ1) is 9.24. The van der Waals surface area contributed by atoms with Crippen LogP contribution >= 0.6 is 11.3 Å². The van der Waals surface area contributed by atoms with E-state index in [1.165, 1.54) is 4.88 Å². The second-order valence-corrected chi connectivity index (χ2v) is 5.44. The van der Waals surface area contributed by atoms with Crippen LogP contribution in [0.25, 0.3) is 0 Å². The Kier molecular flexibility index (Phi) is 4.68. The summed E-state index contributed by atoms with van der Waals surface area (Å²) in [6.45, 7) is 2.20. The highest BCUT2D eigenvalue weighted by Crippen LogP contribution is 2.30. The number of thiophene rings is 1. The number of benzene rings is 1. The molecular weight excluding hydrogens is 256 g/mol. The Morgan fingerprint density at radius 3 is 2.84 bits per heavy atom. The third kappa shape index (κ3) is 3.41. The van der Waals surface area contributed by atoms with Gasteiger partial charge in [0, 0.05) is 16.6 Å². The number of methoxy groups -OCH3 is 1. The number of anilines is 2. The molecule has 1 heterocycles. The lowest BCUT2D eigenvalue weighted by Crippen LogP contribution is -2.09. The van der Waals surface area contributed by atoms with Crippen molar-refractivity contribution in [3.63, 3.8) is 0 Å². The average Bonchev–Trinajstić information content (AvgIpc) is 2.94. The number of nitrogen functional groups attached to an aromatic ring is 1. The van der Waals surface area contributed by atoms with E-state index in [4.69, 9.17) is 10.5 Å². The summed E-state index contributed by atoms with van der Waals surface area (Å²) in [4.78, 5) is 1.36. The van der Waals surface area contributed by atoms with Crippen molar-refractivity contribution in [1.82, 2.24) is 0 Å². The normalized spacial score (nSPS) is 12.1. The number of nitrogens with one attached hydrogen (secondary N) is 1. The Hall–Kier alpha value is -1.68. The average molecular weight is 276 g/mol. The van der Waals surface area contributed by atoms with Crippen LogP contribution in [0.1, 0.15) is 30.7 Å². The van der Waals surface area contributed by atoms with Gasteiger partial charge in [0.1, 0.15) is 5.75 Å². The van der Waals surface area contributed by atoms with E-state index in [-0.39, 0.29) is 0 Å². The molecule has 0 amide bonds. The molecule has 0 bridgehead atoms. The van der Waals surface area contributed by atoms with E-state index >= 15 is 0 Å². The quantitative estimate of drug-likeness (QED) is 0.774. The predicted molar refractivity (Wildman–Crippen MR) is 83.0 cm³/mol. The summed E-state index contributed by atoms with van der Waals surface area (Å²) in [6.07, 6.45) is 2.24. The third-order valence-electron chi connectivity index (χ3n) is 3.04. The van der Waals surface area contributed by atoms with Gasteiger partial charge in [0.05, 0.1) is 18.8 Å². The van der Waals surface area contributed by atoms with Gasteiger partial charge in [-0.2, -0.15) is 0 Å². The topological polar surface area (TPSA) is 47.3 Å². The number of ether oxygens (including phenoxy) is 1. The zero-order valence-corrected chi connectivity index (χ0v) is 12.2. The third-order valence-corrected chi connectivity index (χ3v) is 4.02. The van der Waals surface area contributed by atoms with Crippen LogP contribution in [-0.2, 0) is 0 Å². The van der Waals surface area contributed by atoms with Gasteiger partial charge in [0.2, 0.25) is 0 Å². The van der Waals surface area contributed by atoms with Gasteiger partial charge in [-0.05, 0) is 30.0 Å². The van der Waals surface area contributed by atoms with Crippen LogP contribution in [0.2, 0.25) is 0 Å². The first-order valence-electron chi connectivity index (χ1n) is 6.48. The van der Waals surface area contributed by atoms with Gasteiger partial charge in [-0.25, -0.2) is 0 Å². The molecule has 0 fully saturated rings. The van der Waals surface area contributed by atoms with Crippen LogP contribution in [0.3, 0.4) is 0 Å². The van der Waals surface area contributed by atoms with Crippen molar-refractivity contribution in [1.29, 1.82) is 0 Å². The van der Waals surface area contributed by atoms with Gasteiger partial charge < -0.3 is 15.8 Å². The SMILES string of the molecule is CCCC(Nc1ccc(N)c(OC)c1)c1cccs1. The maximum atomic E-state index is 5.83. The molecule has 0 saturated carbocycles. The second-order valence-electron chi connectivity index (χ2n) is 4.46. The predicted octanol–water partition coefficient (Wildman–Crippen LogP) is 4.29. The Balaban J connectivity index is 2.17. The van der Waals surface area contributed by atoms with Crippen molar-refractivity contribution in [2.24, 2.45) is 0 Å². The number of hydrogen-bond acceptors (Lipinski definition) is 4. The molecule has 1 atom stereocenters. The molecule has 2 rings (SSSR count). The number of rotatable bonds is 6. The fourth-order valence-corrected chi connectivity index (χ4v) is 2.88. The zero-order valence-electron chi connectivity index (χ0n) is 11.3. The molecule has 1 aromatic carbocycles. The van der Waals surface area contributed by atoms with Gasteiger partial charge in [-0.15, -0.1) is 11.3 Å². The molecule has 3 N–H and O–H groups in total. The van der Waals surface area contributed by atoms with E-state index < -0.39 is 0 Å². The van der Waals surface area contributed by atoms with Gasteiger partial charge >= 0.3 is 0 Å². The molecule has 0 radical (unpaired) electrons. The van der Waals surface area contributed by atoms with Crippen molar-refractivity contribution in [2.75, 3.05) is 18.2 Å². The first-order valence-corrected chi connectivity index (χ1v) is 7.36. The lowest BCUT2D eigenvalue weighted by Gasteiger charge is -2.19. The lowest BCUT2D eigenvalue weighted by molar-refractivity contribution is 0.417. The Morgan fingerprint density at radius 1 is 1.37 bits per heavy atom. The zero-order chi connectivity index (χ0) is 13.7. The van der Waals surface area contributed by atoms with Gasteiger partial charge in [-0.1, -0.05) is 19.4 Å². The highest BCUT2D eigenvalue weighted by molar-refractivity contribution is 7.10. The fourth-order valence-electron chi connectivity index (χ4n) is 2.07. The van der Waals surface area contributed by atoms with Crippen LogP contribution in [-0.4, -0.2) is 7.11 Å². The highest BCUT2D eigenvalue weighted by Gasteiger charge is 2.12. The van der Waals surface area contributed by atoms with Gasteiger partial charge in [0.15, 0.2) is 0 Å². The summed E-state index contributed by atoms with van der Waals surface area (Å²) in [5.74, 6) is 0.714. The molecule has 19 heavy (non-hydrogen) atoms. The van der Waals surface area contributed by atoms with Crippen molar-refractivity contribution in [2.45, 2.75) is 25.8 Å². The van der Waals surface area contributed by atoms with Gasteiger partial charge in [0.25, 0.3) is 0 Å². The number of hydrogen-bond donors (Lipinski definition) is 2. The molecule has 3 nitrogen and oxygen atoms in total. The van der Waals surface area contributed by atoms with E-state index in [0.717, 1.165) is 18.5 Å². The Bertz CT molecular complexity index is 511. The molecule has 1 aromatic heterocycles. The molecule has 0 aliphatic carbocycles. The lowest BCUT2D eigenvalue weighted by atomic mass is 10.1. The maximum absolute atomic E-state index is 5.83. The summed E-state index contributed by atoms with van der Waals surface area (Å²) in [7, 11) is 1.64. The molecule has 4 heteroatoms. The molecule has 1 unspecified atom stereocenters. The van der Waals surface area contributed by atoms with E-state index in [2.05, 4.69) is 29.8 Å². The minimum Gasteiger partial charge on any atom is -0.495 e. The van der Waals surface area contributed by atoms with Crippen molar-refractivity contribution < 1.29 is 4.74 Å². The minimum atomic E-state index is 0.346. The van der Waals surface area contributed by atoms with Gasteiger partial charge in [-0.3, -0.25) is 0 Å². The molecule has 0 saturated heterocycles. The summed E-state index contributed by atoms with van der Waals surface area (Å²) in [5, 5.41) is 5.67. The summed E-state index contributed by atoms with van der Waals surface area (Å²) in [6, 6.07) is 10.4. The first kappa shape index (κ1) is 13.7. The summed E-state index contributed by atoms with van der Waals surface area (Å²) < 4.78 is 5.26. The van der Waals surface area contributed by atoms with Crippen molar-refractivity contribution in [3.8, 4) is 5.75 Å². The monoisotopic (exact) mass is 276 g/mol. The Labute approximate surface area is 118 Å². The summed E-state index contributed by atoms with van der Waals surface area (Å²) >= 11 is 1.78. The van der Waals surface area contributed by atoms with Crippen LogP contribution < -0.4 is 15.8 Å².